The molecule has 1 aliphatic rings. The van der Waals surface area contributed by atoms with Gasteiger partial charge in [-0.1, -0.05) is 11.6 Å². The molecule has 1 aromatic carbocycles. The third-order valence-corrected chi connectivity index (χ3v) is 5.26. The zero-order valence-corrected chi connectivity index (χ0v) is 16.1. The number of carbonyl (C=O) groups is 2. The monoisotopic (exact) mass is 425 g/mol. The Balaban J connectivity index is 1.79. The van der Waals surface area contributed by atoms with Gasteiger partial charge in [0.05, 0.1) is 27.3 Å². The standard InChI is InChI=1S/C17H17BrClN3O3/c1-9-15(16(18)10(2)25-9)17(24)21-11-3-4-13(12(19)7-11)22-6-5-20-14(23)8-22/h3-4,7H,5-6,8H2,1-2H3,(H,20,23)(H,21,24). The molecule has 0 radical (unpaired) electrons. The molecular formula is C17H17BrClN3O3. The number of aryl methyl sites for hydroxylation is 2. The van der Waals surface area contributed by atoms with Gasteiger partial charge in [-0.05, 0) is 48.0 Å². The first-order valence-electron chi connectivity index (χ1n) is 7.75. The molecular weight excluding hydrogens is 410 g/mol. The van der Waals surface area contributed by atoms with Crippen LogP contribution in [0.1, 0.15) is 21.9 Å². The van der Waals surface area contributed by atoms with Crippen molar-refractivity contribution in [3.63, 3.8) is 0 Å². The van der Waals surface area contributed by atoms with E-state index in [-0.39, 0.29) is 18.4 Å². The van der Waals surface area contributed by atoms with Crippen LogP contribution in [-0.4, -0.2) is 31.4 Å². The maximum absolute atomic E-state index is 12.5. The van der Waals surface area contributed by atoms with E-state index in [1.807, 2.05) is 4.90 Å². The van der Waals surface area contributed by atoms with Crippen molar-refractivity contribution in [2.75, 3.05) is 29.9 Å². The molecule has 0 aliphatic carbocycles. The molecule has 2 aromatic rings. The van der Waals surface area contributed by atoms with E-state index in [0.29, 0.717) is 45.4 Å². The lowest BCUT2D eigenvalue weighted by Gasteiger charge is -2.29. The van der Waals surface area contributed by atoms with E-state index in [1.54, 1.807) is 32.0 Å². The SMILES string of the molecule is Cc1oc(C)c(C(=O)Nc2ccc(N3CCNC(=O)C3)c(Cl)c2)c1Br. The van der Waals surface area contributed by atoms with Crippen LogP contribution in [0.15, 0.2) is 27.1 Å². The third kappa shape index (κ3) is 3.67. The second-order valence-corrected chi connectivity index (χ2v) is 7.00. The van der Waals surface area contributed by atoms with Crippen LogP contribution in [0.25, 0.3) is 0 Å². The number of carbonyl (C=O) groups excluding carboxylic acids is 2. The average Bonchev–Trinajstić information content (AvgIpc) is 2.80. The van der Waals surface area contributed by atoms with E-state index in [2.05, 4.69) is 26.6 Å². The number of furan rings is 1. The van der Waals surface area contributed by atoms with Crippen molar-refractivity contribution in [2.24, 2.45) is 0 Å². The maximum Gasteiger partial charge on any atom is 0.260 e. The lowest BCUT2D eigenvalue weighted by molar-refractivity contribution is -0.120. The van der Waals surface area contributed by atoms with Gasteiger partial charge in [0.25, 0.3) is 5.91 Å². The molecule has 1 fully saturated rings. The fraction of sp³-hybridized carbons (Fsp3) is 0.294. The van der Waals surface area contributed by atoms with Gasteiger partial charge in [0.1, 0.15) is 11.5 Å². The molecule has 1 saturated heterocycles. The molecule has 6 nitrogen and oxygen atoms in total. The second-order valence-electron chi connectivity index (χ2n) is 5.80. The minimum atomic E-state index is -0.276. The molecule has 0 saturated carbocycles. The van der Waals surface area contributed by atoms with Gasteiger partial charge in [0.2, 0.25) is 5.91 Å². The van der Waals surface area contributed by atoms with Crippen LogP contribution >= 0.6 is 27.5 Å². The normalized spacial score (nSPS) is 14.4. The van der Waals surface area contributed by atoms with Gasteiger partial charge in [-0.15, -0.1) is 0 Å². The Labute approximate surface area is 158 Å². The Morgan fingerprint density at radius 2 is 2.12 bits per heavy atom. The smallest absolute Gasteiger partial charge is 0.260 e. The van der Waals surface area contributed by atoms with E-state index in [4.69, 9.17) is 16.0 Å². The Bertz CT molecular complexity index is 850. The van der Waals surface area contributed by atoms with Crippen LogP contribution in [-0.2, 0) is 4.79 Å². The van der Waals surface area contributed by atoms with Crippen molar-refractivity contribution in [2.45, 2.75) is 13.8 Å². The van der Waals surface area contributed by atoms with E-state index in [0.717, 1.165) is 5.69 Å². The molecule has 3 rings (SSSR count). The third-order valence-electron chi connectivity index (χ3n) is 4.00. The number of benzene rings is 1. The fourth-order valence-corrected chi connectivity index (χ4v) is 3.63. The highest BCUT2D eigenvalue weighted by molar-refractivity contribution is 9.10. The first kappa shape index (κ1) is 17.8. The van der Waals surface area contributed by atoms with Crippen molar-refractivity contribution in [1.29, 1.82) is 0 Å². The first-order chi connectivity index (χ1) is 11.9. The lowest BCUT2D eigenvalue weighted by atomic mass is 10.2. The number of amides is 2. The van der Waals surface area contributed by atoms with Gasteiger partial charge in [-0.3, -0.25) is 9.59 Å². The van der Waals surface area contributed by atoms with Crippen LogP contribution in [0.4, 0.5) is 11.4 Å². The summed E-state index contributed by atoms with van der Waals surface area (Å²) in [6.45, 7) is 5.07. The molecule has 1 aromatic heterocycles. The van der Waals surface area contributed by atoms with Crippen molar-refractivity contribution in [1.82, 2.24) is 5.32 Å². The van der Waals surface area contributed by atoms with Gasteiger partial charge in [-0.2, -0.15) is 0 Å². The first-order valence-corrected chi connectivity index (χ1v) is 8.92. The van der Waals surface area contributed by atoms with E-state index < -0.39 is 0 Å². The maximum atomic E-state index is 12.5. The number of hydrogen-bond acceptors (Lipinski definition) is 4. The molecule has 0 bridgehead atoms. The quantitative estimate of drug-likeness (QED) is 0.788. The number of rotatable bonds is 3. The van der Waals surface area contributed by atoms with E-state index in [1.165, 1.54) is 0 Å². The van der Waals surface area contributed by atoms with Crippen LogP contribution in [0, 0.1) is 13.8 Å². The molecule has 8 heteroatoms. The summed E-state index contributed by atoms with van der Waals surface area (Å²) in [4.78, 5) is 25.9. The summed E-state index contributed by atoms with van der Waals surface area (Å²) in [5.41, 5.74) is 1.81. The topological polar surface area (TPSA) is 74.6 Å². The second kappa shape index (κ2) is 7.09. The lowest BCUT2D eigenvalue weighted by Crippen LogP contribution is -2.47. The predicted octanol–water partition coefficient (Wildman–Crippen LogP) is 3.50. The highest BCUT2D eigenvalue weighted by Gasteiger charge is 2.21. The summed E-state index contributed by atoms with van der Waals surface area (Å²) >= 11 is 9.73. The summed E-state index contributed by atoms with van der Waals surface area (Å²) in [5.74, 6) is 0.890. The molecule has 1 aliphatic heterocycles. The zero-order chi connectivity index (χ0) is 18.1. The highest BCUT2D eigenvalue weighted by atomic mass is 79.9. The molecule has 2 amide bonds. The number of anilines is 2. The van der Waals surface area contributed by atoms with Crippen molar-refractivity contribution in [3.05, 3.63) is 44.8 Å². The Kier molecular flexibility index (Phi) is 5.06. The molecule has 25 heavy (non-hydrogen) atoms. The van der Waals surface area contributed by atoms with Gasteiger partial charge < -0.3 is 20.0 Å². The molecule has 0 atom stereocenters. The largest absolute Gasteiger partial charge is 0.465 e. The summed E-state index contributed by atoms with van der Waals surface area (Å²) in [6, 6.07) is 5.25. The Hall–Kier alpha value is -1.99. The number of halogens is 2. The minimum absolute atomic E-state index is 0.0321. The Morgan fingerprint density at radius 3 is 2.72 bits per heavy atom. The number of nitrogens with one attached hydrogen (secondary N) is 2. The van der Waals surface area contributed by atoms with Crippen molar-refractivity contribution >= 4 is 50.7 Å². The number of nitrogens with zero attached hydrogens (tertiary/aromatic N) is 1. The molecule has 0 spiro atoms. The van der Waals surface area contributed by atoms with E-state index in [9.17, 15) is 9.59 Å². The molecule has 2 heterocycles. The number of piperazine rings is 1. The highest BCUT2D eigenvalue weighted by Crippen LogP contribution is 2.31. The predicted molar refractivity (Wildman–Crippen MR) is 101 cm³/mol. The van der Waals surface area contributed by atoms with Gasteiger partial charge in [0.15, 0.2) is 0 Å². The van der Waals surface area contributed by atoms with Crippen molar-refractivity contribution in [3.8, 4) is 0 Å². The summed E-state index contributed by atoms with van der Waals surface area (Å²) in [5, 5.41) is 6.08. The molecule has 0 unspecified atom stereocenters. The van der Waals surface area contributed by atoms with Crippen LogP contribution in [0.5, 0.6) is 0 Å². The molecule has 132 valence electrons. The van der Waals surface area contributed by atoms with E-state index >= 15 is 0 Å². The minimum Gasteiger partial charge on any atom is -0.465 e. The van der Waals surface area contributed by atoms with Crippen LogP contribution in [0.3, 0.4) is 0 Å². The van der Waals surface area contributed by atoms with Gasteiger partial charge >= 0.3 is 0 Å². The number of hydrogen-bond donors (Lipinski definition) is 2. The van der Waals surface area contributed by atoms with Crippen molar-refractivity contribution < 1.29 is 14.0 Å². The van der Waals surface area contributed by atoms with Gasteiger partial charge in [-0.25, -0.2) is 0 Å². The van der Waals surface area contributed by atoms with Crippen LogP contribution in [0.2, 0.25) is 5.02 Å². The average molecular weight is 427 g/mol. The molecule has 2 N–H and O–H groups in total. The summed E-state index contributed by atoms with van der Waals surface area (Å²) in [6.07, 6.45) is 0. The fourth-order valence-electron chi connectivity index (χ4n) is 2.79. The van der Waals surface area contributed by atoms with Crippen LogP contribution < -0.4 is 15.5 Å². The van der Waals surface area contributed by atoms with Gasteiger partial charge in [0, 0.05) is 18.8 Å². The Morgan fingerprint density at radius 1 is 1.36 bits per heavy atom. The summed E-state index contributed by atoms with van der Waals surface area (Å²) < 4.78 is 6.10. The zero-order valence-electron chi connectivity index (χ0n) is 13.8. The summed E-state index contributed by atoms with van der Waals surface area (Å²) in [7, 11) is 0.